The molecule has 0 fully saturated rings. The maximum Gasteiger partial charge on any atom is 0.329 e. The Balaban J connectivity index is 1.58. The number of rotatable bonds is 7. The lowest BCUT2D eigenvalue weighted by Gasteiger charge is -2.12. The van der Waals surface area contributed by atoms with Gasteiger partial charge in [-0.05, 0) is 68.3 Å². The molecule has 0 saturated heterocycles. The van der Waals surface area contributed by atoms with Crippen LogP contribution >= 0.6 is 11.6 Å². The topological polar surface area (TPSA) is 109 Å². The van der Waals surface area contributed by atoms with Crippen molar-refractivity contribution in [3.05, 3.63) is 87.9 Å². The highest BCUT2D eigenvalue weighted by molar-refractivity contribution is 6.39. The zero-order chi connectivity index (χ0) is 25.4. The minimum absolute atomic E-state index is 0.249. The second kappa shape index (κ2) is 11.8. The fourth-order valence-electron chi connectivity index (χ4n) is 3.16. The van der Waals surface area contributed by atoms with Crippen molar-refractivity contribution in [1.29, 1.82) is 0 Å². The Bertz CT molecular complexity index is 1290. The molecule has 9 heteroatoms. The number of carbonyl (C=O) groups is 3. The van der Waals surface area contributed by atoms with Gasteiger partial charge >= 0.3 is 11.8 Å². The Morgan fingerprint density at radius 3 is 2.43 bits per heavy atom. The molecule has 0 aromatic heterocycles. The molecule has 3 aromatic rings. The third kappa shape index (κ3) is 7.68. The van der Waals surface area contributed by atoms with E-state index in [1.165, 1.54) is 6.21 Å². The van der Waals surface area contributed by atoms with Crippen molar-refractivity contribution in [1.82, 2.24) is 5.43 Å². The Kier molecular flexibility index (Phi) is 8.58. The van der Waals surface area contributed by atoms with Gasteiger partial charge in [-0.15, -0.1) is 0 Å². The van der Waals surface area contributed by atoms with Crippen LogP contribution < -0.4 is 20.8 Å². The molecule has 35 heavy (non-hydrogen) atoms. The summed E-state index contributed by atoms with van der Waals surface area (Å²) in [5.74, 6) is -1.82. The lowest BCUT2D eigenvalue weighted by molar-refractivity contribution is -0.136. The summed E-state index contributed by atoms with van der Waals surface area (Å²) in [6.07, 6.45) is 1.28. The van der Waals surface area contributed by atoms with E-state index >= 15 is 0 Å². The number of ether oxygens (including phenoxy) is 1. The third-order valence-corrected chi connectivity index (χ3v) is 5.07. The quantitative estimate of drug-likeness (QED) is 0.258. The van der Waals surface area contributed by atoms with Crippen molar-refractivity contribution >= 4 is 46.9 Å². The lowest BCUT2D eigenvalue weighted by atomic mass is 10.1. The number of nitrogens with zero attached hydrogens (tertiary/aromatic N) is 1. The Labute approximate surface area is 208 Å². The molecule has 0 aliphatic carbocycles. The van der Waals surface area contributed by atoms with Crippen LogP contribution in [0.4, 0.5) is 11.4 Å². The molecular weight excluding hydrogens is 468 g/mol. The number of hydrazone groups is 1. The molecule has 0 atom stereocenters. The molecule has 0 aliphatic heterocycles. The highest BCUT2D eigenvalue weighted by Gasteiger charge is 2.13. The molecule has 0 aliphatic rings. The highest BCUT2D eigenvalue weighted by atomic mass is 35.5. The van der Waals surface area contributed by atoms with Gasteiger partial charge in [-0.25, -0.2) is 5.43 Å². The van der Waals surface area contributed by atoms with E-state index in [-0.39, 0.29) is 12.5 Å². The summed E-state index contributed by atoms with van der Waals surface area (Å²) >= 11 is 6.06. The molecule has 3 N–H and O–H groups in total. The number of hydrogen-bond acceptors (Lipinski definition) is 5. The second-order valence-corrected chi connectivity index (χ2v) is 8.30. The van der Waals surface area contributed by atoms with E-state index in [1.54, 1.807) is 36.4 Å². The number of nitrogens with one attached hydrogen (secondary N) is 3. The van der Waals surface area contributed by atoms with Crippen LogP contribution in [0.5, 0.6) is 5.75 Å². The first-order chi connectivity index (χ1) is 16.7. The molecule has 0 bridgehead atoms. The molecule has 0 saturated carbocycles. The van der Waals surface area contributed by atoms with Crippen molar-refractivity contribution in [2.75, 3.05) is 17.2 Å². The fraction of sp³-hybridized carbons (Fsp3) is 0.154. The van der Waals surface area contributed by atoms with Gasteiger partial charge in [-0.1, -0.05) is 41.4 Å². The maximum absolute atomic E-state index is 12.4. The van der Waals surface area contributed by atoms with Crippen LogP contribution in [-0.4, -0.2) is 30.5 Å². The van der Waals surface area contributed by atoms with Crippen LogP contribution in [0.1, 0.15) is 22.3 Å². The summed E-state index contributed by atoms with van der Waals surface area (Å²) in [6, 6.07) is 17.5. The summed E-state index contributed by atoms with van der Waals surface area (Å²) in [7, 11) is 0. The molecule has 3 aromatic carbocycles. The standard InChI is InChI=1S/C26H25ClN4O4/c1-16-5-4-6-21(12-16)29-25(33)26(34)31-28-14-19-13-20(27)8-10-23(19)35-15-24(32)30-22-9-7-17(2)11-18(22)3/h4-14H,15H2,1-3H3,(H,29,33)(H,30,32)(H,31,34)/b28-14-. The Morgan fingerprint density at radius 2 is 1.69 bits per heavy atom. The second-order valence-electron chi connectivity index (χ2n) is 7.86. The van der Waals surface area contributed by atoms with Crippen molar-refractivity contribution in [2.24, 2.45) is 5.10 Å². The van der Waals surface area contributed by atoms with E-state index in [2.05, 4.69) is 21.2 Å². The predicted octanol–water partition coefficient (Wildman–Crippen LogP) is 4.37. The number of hydrogen-bond donors (Lipinski definition) is 3. The first-order valence-electron chi connectivity index (χ1n) is 10.7. The number of amides is 3. The summed E-state index contributed by atoms with van der Waals surface area (Å²) < 4.78 is 5.63. The van der Waals surface area contributed by atoms with Crippen molar-refractivity contribution in [3.8, 4) is 5.75 Å². The van der Waals surface area contributed by atoms with Gasteiger partial charge in [0.05, 0.1) is 6.21 Å². The zero-order valence-electron chi connectivity index (χ0n) is 19.5. The number of carbonyl (C=O) groups excluding carboxylic acids is 3. The van der Waals surface area contributed by atoms with E-state index in [4.69, 9.17) is 16.3 Å². The van der Waals surface area contributed by atoms with Gasteiger partial charge in [-0.3, -0.25) is 14.4 Å². The van der Waals surface area contributed by atoms with Gasteiger partial charge in [0.2, 0.25) is 0 Å². The van der Waals surface area contributed by atoms with Crippen molar-refractivity contribution < 1.29 is 19.1 Å². The lowest BCUT2D eigenvalue weighted by Crippen LogP contribution is -2.32. The SMILES string of the molecule is Cc1cccc(NC(=O)C(=O)N/N=C\c2cc(Cl)ccc2OCC(=O)Nc2ccc(C)cc2C)c1. The number of aryl methyl sites for hydroxylation is 3. The summed E-state index contributed by atoms with van der Waals surface area (Å²) in [4.78, 5) is 36.5. The van der Waals surface area contributed by atoms with E-state index < -0.39 is 11.8 Å². The predicted molar refractivity (Wildman–Crippen MR) is 137 cm³/mol. The molecule has 0 spiro atoms. The van der Waals surface area contributed by atoms with E-state index in [0.717, 1.165) is 16.7 Å². The van der Waals surface area contributed by atoms with Gasteiger partial charge in [0, 0.05) is 22.0 Å². The van der Waals surface area contributed by atoms with Crippen LogP contribution in [0.3, 0.4) is 0 Å². The number of benzene rings is 3. The number of anilines is 2. The van der Waals surface area contributed by atoms with Crippen LogP contribution in [0.15, 0.2) is 65.8 Å². The molecule has 3 rings (SSSR count). The first-order valence-corrected chi connectivity index (χ1v) is 11.1. The Hall–Kier alpha value is -4.17. The normalized spacial score (nSPS) is 10.6. The van der Waals surface area contributed by atoms with Crippen molar-refractivity contribution in [3.63, 3.8) is 0 Å². The highest BCUT2D eigenvalue weighted by Crippen LogP contribution is 2.22. The minimum Gasteiger partial charge on any atom is -0.483 e. The van der Waals surface area contributed by atoms with Gasteiger partial charge in [0.25, 0.3) is 5.91 Å². The smallest absolute Gasteiger partial charge is 0.329 e. The van der Waals surface area contributed by atoms with Crippen molar-refractivity contribution in [2.45, 2.75) is 20.8 Å². The molecule has 180 valence electrons. The zero-order valence-corrected chi connectivity index (χ0v) is 20.3. The first kappa shape index (κ1) is 25.5. The van der Waals surface area contributed by atoms with E-state index in [1.807, 2.05) is 45.0 Å². The largest absolute Gasteiger partial charge is 0.483 e. The van der Waals surface area contributed by atoms with Gasteiger partial charge in [0.1, 0.15) is 5.75 Å². The average molecular weight is 493 g/mol. The average Bonchev–Trinajstić information content (AvgIpc) is 2.80. The molecule has 0 radical (unpaired) electrons. The van der Waals surface area contributed by atoms with Gasteiger partial charge in [-0.2, -0.15) is 5.10 Å². The molecule has 3 amide bonds. The fourth-order valence-corrected chi connectivity index (χ4v) is 3.34. The molecular formula is C26H25ClN4O4. The molecule has 8 nitrogen and oxygen atoms in total. The van der Waals surface area contributed by atoms with E-state index in [9.17, 15) is 14.4 Å². The summed E-state index contributed by atoms with van der Waals surface area (Å²) in [5.41, 5.74) is 6.76. The number of halogens is 1. The maximum atomic E-state index is 12.4. The van der Waals surface area contributed by atoms with Crippen LogP contribution in [-0.2, 0) is 14.4 Å². The third-order valence-electron chi connectivity index (χ3n) is 4.84. The summed E-state index contributed by atoms with van der Waals surface area (Å²) in [5, 5.41) is 9.52. The monoisotopic (exact) mass is 492 g/mol. The minimum atomic E-state index is -0.944. The van der Waals surface area contributed by atoms with E-state index in [0.29, 0.717) is 27.7 Å². The van der Waals surface area contributed by atoms with Crippen LogP contribution in [0.25, 0.3) is 0 Å². The molecule has 0 unspecified atom stereocenters. The summed E-state index contributed by atoms with van der Waals surface area (Å²) in [6.45, 7) is 5.51. The van der Waals surface area contributed by atoms with Gasteiger partial charge in [0.15, 0.2) is 6.61 Å². The van der Waals surface area contributed by atoms with Gasteiger partial charge < -0.3 is 15.4 Å². The molecule has 0 heterocycles. The van der Waals surface area contributed by atoms with Crippen LogP contribution in [0, 0.1) is 20.8 Å². The Morgan fingerprint density at radius 1 is 0.914 bits per heavy atom. The van der Waals surface area contributed by atoms with Crippen LogP contribution in [0.2, 0.25) is 5.02 Å².